The molecule has 1 aliphatic rings. The molecule has 1 saturated heterocycles. The van der Waals surface area contributed by atoms with Crippen molar-refractivity contribution in [2.24, 2.45) is 0 Å². The van der Waals surface area contributed by atoms with Crippen LogP contribution >= 0.6 is 0 Å². The van der Waals surface area contributed by atoms with E-state index in [0.29, 0.717) is 0 Å². The van der Waals surface area contributed by atoms with Crippen LogP contribution in [0.3, 0.4) is 0 Å². The van der Waals surface area contributed by atoms with Gasteiger partial charge in [-0.05, 0) is 46.1 Å². The van der Waals surface area contributed by atoms with Crippen LogP contribution in [-0.4, -0.2) is 23.4 Å². The molecule has 1 unspecified atom stereocenters. The summed E-state index contributed by atoms with van der Waals surface area (Å²) in [6.45, 7) is 9.39. The Morgan fingerprint density at radius 2 is 1.68 bits per heavy atom. The summed E-state index contributed by atoms with van der Waals surface area (Å²) in [5.41, 5.74) is 0.108. The van der Waals surface area contributed by atoms with Gasteiger partial charge < -0.3 is 14.4 Å². The van der Waals surface area contributed by atoms with Crippen LogP contribution in [-0.2, 0) is 9.31 Å². The molecule has 0 aliphatic carbocycles. The van der Waals surface area contributed by atoms with Crippen LogP contribution < -0.4 is 5.46 Å². The molecule has 0 bridgehead atoms. The summed E-state index contributed by atoms with van der Waals surface area (Å²) in [7, 11) is -0.539. The largest absolute Gasteiger partial charge is 0.494 e. The van der Waals surface area contributed by atoms with Gasteiger partial charge in [0.1, 0.15) is 5.82 Å². The average Bonchev–Trinajstić information content (AvgIpc) is 2.48. The van der Waals surface area contributed by atoms with E-state index in [2.05, 4.69) is 0 Å². The van der Waals surface area contributed by atoms with Crippen LogP contribution in [0.15, 0.2) is 18.2 Å². The molecule has 0 amide bonds. The zero-order valence-electron chi connectivity index (χ0n) is 12.0. The first-order valence-electron chi connectivity index (χ1n) is 6.47. The Morgan fingerprint density at radius 3 is 2.16 bits per heavy atom. The minimum Gasteiger partial charge on any atom is -0.399 e. The lowest BCUT2D eigenvalue weighted by atomic mass is 9.78. The number of aliphatic hydroxyl groups is 1. The Hall–Kier alpha value is -0.905. The Kier molecular flexibility index (Phi) is 3.50. The molecule has 0 spiro atoms. The van der Waals surface area contributed by atoms with Crippen molar-refractivity contribution in [3.63, 3.8) is 0 Å². The topological polar surface area (TPSA) is 38.7 Å². The van der Waals surface area contributed by atoms with Crippen LogP contribution in [0.5, 0.6) is 0 Å². The standard InChI is InChI=1S/C14H20BFO3/c1-9(17)11-8-10(6-7-12(11)16)15-18-13(2,3)14(4,5)19-15/h6-9,17H,1-5H3. The quantitative estimate of drug-likeness (QED) is 0.834. The number of halogens is 1. The lowest BCUT2D eigenvalue weighted by molar-refractivity contribution is 0.00578. The molecular weight excluding hydrogens is 246 g/mol. The molecule has 5 heteroatoms. The van der Waals surface area contributed by atoms with Crippen molar-refractivity contribution in [3.05, 3.63) is 29.6 Å². The highest BCUT2D eigenvalue weighted by Crippen LogP contribution is 2.36. The summed E-state index contributed by atoms with van der Waals surface area (Å²) in [5, 5.41) is 9.56. The molecule has 104 valence electrons. The fourth-order valence-corrected chi connectivity index (χ4v) is 2.01. The number of hydrogen-bond donors (Lipinski definition) is 1. The molecule has 1 heterocycles. The molecule has 0 saturated carbocycles. The van der Waals surface area contributed by atoms with Gasteiger partial charge in [-0.3, -0.25) is 0 Å². The average molecular weight is 266 g/mol. The van der Waals surface area contributed by atoms with E-state index in [1.165, 1.54) is 13.0 Å². The van der Waals surface area contributed by atoms with Crippen LogP contribution in [0.25, 0.3) is 0 Å². The molecule has 0 aromatic heterocycles. The molecule has 19 heavy (non-hydrogen) atoms. The third kappa shape index (κ3) is 2.55. The number of rotatable bonds is 2. The summed E-state index contributed by atoms with van der Waals surface area (Å²) < 4.78 is 25.4. The van der Waals surface area contributed by atoms with Gasteiger partial charge in [-0.1, -0.05) is 12.1 Å². The van der Waals surface area contributed by atoms with Crippen molar-refractivity contribution < 1.29 is 18.8 Å². The second kappa shape index (κ2) is 4.58. The Labute approximate surface area is 113 Å². The third-order valence-electron chi connectivity index (χ3n) is 4.00. The first kappa shape index (κ1) is 14.5. The Bertz CT molecular complexity index is 470. The van der Waals surface area contributed by atoms with Gasteiger partial charge in [-0.2, -0.15) is 0 Å². The summed E-state index contributed by atoms with van der Waals surface area (Å²) in [6, 6.07) is 4.56. The van der Waals surface area contributed by atoms with E-state index < -0.39 is 30.2 Å². The van der Waals surface area contributed by atoms with E-state index in [9.17, 15) is 9.50 Å². The SMILES string of the molecule is CC(O)c1cc(B2OC(C)(C)C(C)(C)O2)ccc1F. The molecule has 1 aromatic rings. The first-order chi connectivity index (χ1) is 8.64. The molecule has 0 radical (unpaired) electrons. The zero-order chi connectivity index (χ0) is 14.4. The smallest absolute Gasteiger partial charge is 0.399 e. The fraction of sp³-hybridized carbons (Fsp3) is 0.571. The molecule has 1 atom stereocenters. The highest BCUT2D eigenvalue weighted by Gasteiger charge is 2.51. The van der Waals surface area contributed by atoms with Gasteiger partial charge in [0, 0.05) is 5.56 Å². The van der Waals surface area contributed by atoms with Gasteiger partial charge in [0.15, 0.2) is 0 Å². The molecule has 1 N–H and O–H groups in total. The number of hydrogen-bond acceptors (Lipinski definition) is 3. The van der Waals surface area contributed by atoms with Gasteiger partial charge in [-0.25, -0.2) is 4.39 Å². The molecule has 3 nitrogen and oxygen atoms in total. The van der Waals surface area contributed by atoms with Crippen LogP contribution in [0.4, 0.5) is 4.39 Å². The number of benzene rings is 1. The fourth-order valence-electron chi connectivity index (χ4n) is 2.01. The summed E-state index contributed by atoms with van der Waals surface area (Å²) >= 11 is 0. The van der Waals surface area contributed by atoms with Crippen LogP contribution in [0.2, 0.25) is 0 Å². The van der Waals surface area contributed by atoms with E-state index >= 15 is 0 Å². The molecular formula is C14H20BFO3. The van der Waals surface area contributed by atoms with Crippen molar-refractivity contribution in [2.45, 2.75) is 51.9 Å². The van der Waals surface area contributed by atoms with Crippen molar-refractivity contribution in [1.82, 2.24) is 0 Å². The molecule has 2 rings (SSSR count). The van der Waals surface area contributed by atoms with Crippen molar-refractivity contribution >= 4 is 12.6 Å². The lowest BCUT2D eigenvalue weighted by Crippen LogP contribution is -2.41. The zero-order valence-corrected chi connectivity index (χ0v) is 12.0. The molecule has 1 aromatic carbocycles. The van der Waals surface area contributed by atoms with Gasteiger partial charge in [0.25, 0.3) is 0 Å². The summed E-state index contributed by atoms with van der Waals surface area (Å²) in [5.74, 6) is -0.421. The third-order valence-corrected chi connectivity index (χ3v) is 4.00. The van der Waals surface area contributed by atoms with Gasteiger partial charge in [0.05, 0.1) is 17.3 Å². The van der Waals surface area contributed by atoms with E-state index in [1.54, 1.807) is 12.1 Å². The van der Waals surface area contributed by atoms with Crippen LogP contribution in [0, 0.1) is 5.82 Å². The maximum atomic E-state index is 13.6. The van der Waals surface area contributed by atoms with E-state index in [0.717, 1.165) is 5.46 Å². The van der Waals surface area contributed by atoms with Gasteiger partial charge in [0.2, 0.25) is 0 Å². The first-order valence-corrected chi connectivity index (χ1v) is 6.47. The Balaban J connectivity index is 2.32. The molecule has 1 fully saturated rings. The van der Waals surface area contributed by atoms with E-state index in [-0.39, 0.29) is 5.56 Å². The monoisotopic (exact) mass is 266 g/mol. The number of aliphatic hydroxyl groups excluding tert-OH is 1. The van der Waals surface area contributed by atoms with Crippen molar-refractivity contribution in [3.8, 4) is 0 Å². The van der Waals surface area contributed by atoms with Gasteiger partial charge >= 0.3 is 7.12 Å². The minimum atomic E-state index is -0.859. The van der Waals surface area contributed by atoms with Crippen molar-refractivity contribution in [2.75, 3.05) is 0 Å². The Morgan fingerprint density at radius 1 is 1.16 bits per heavy atom. The maximum absolute atomic E-state index is 13.6. The van der Waals surface area contributed by atoms with E-state index in [1.807, 2.05) is 27.7 Å². The highest BCUT2D eigenvalue weighted by atomic mass is 19.1. The maximum Gasteiger partial charge on any atom is 0.494 e. The minimum absolute atomic E-state index is 0.257. The summed E-state index contributed by atoms with van der Waals surface area (Å²) in [6.07, 6.45) is -0.859. The highest BCUT2D eigenvalue weighted by molar-refractivity contribution is 6.62. The second-order valence-corrected chi connectivity index (χ2v) is 6.05. The lowest BCUT2D eigenvalue weighted by Gasteiger charge is -2.32. The van der Waals surface area contributed by atoms with E-state index in [4.69, 9.17) is 9.31 Å². The van der Waals surface area contributed by atoms with Crippen molar-refractivity contribution in [1.29, 1.82) is 0 Å². The van der Waals surface area contributed by atoms with Crippen LogP contribution in [0.1, 0.15) is 46.3 Å². The normalized spacial score (nSPS) is 22.6. The molecule has 1 aliphatic heterocycles. The predicted molar refractivity (Wildman–Crippen MR) is 72.7 cm³/mol. The second-order valence-electron chi connectivity index (χ2n) is 6.05. The summed E-state index contributed by atoms with van der Waals surface area (Å²) in [4.78, 5) is 0. The predicted octanol–water partition coefficient (Wildman–Crippen LogP) is 2.18. The van der Waals surface area contributed by atoms with Gasteiger partial charge in [-0.15, -0.1) is 0 Å².